The zero-order valence-electron chi connectivity index (χ0n) is 9.54. The molecule has 0 fully saturated rings. The SMILES string of the molecule is CC[C@@H](O)[C@@H](N)c1ccc(C(F)(F)F)c(F)c1.Cl. The van der Waals surface area contributed by atoms with Gasteiger partial charge in [0.1, 0.15) is 5.82 Å². The van der Waals surface area contributed by atoms with Crippen molar-refractivity contribution in [2.45, 2.75) is 31.7 Å². The number of aliphatic hydroxyl groups is 1. The van der Waals surface area contributed by atoms with E-state index in [9.17, 15) is 22.7 Å². The maximum atomic E-state index is 13.2. The van der Waals surface area contributed by atoms with Crippen molar-refractivity contribution in [2.24, 2.45) is 5.73 Å². The summed E-state index contributed by atoms with van der Waals surface area (Å²) in [5.41, 5.74) is 4.39. The van der Waals surface area contributed by atoms with Crippen molar-refractivity contribution < 1.29 is 22.7 Å². The summed E-state index contributed by atoms with van der Waals surface area (Å²) in [5.74, 6) is -1.38. The van der Waals surface area contributed by atoms with Crippen LogP contribution in [0.5, 0.6) is 0 Å². The third kappa shape index (κ3) is 3.83. The van der Waals surface area contributed by atoms with E-state index in [1.54, 1.807) is 6.92 Å². The summed E-state index contributed by atoms with van der Waals surface area (Å²) in [6, 6.07) is 1.53. The first kappa shape index (κ1) is 17.2. The number of aliphatic hydroxyl groups excluding tert-OH is 1. The molecule has 104 valence electrons. The van der Waals surface area contributed by atoms with Gasteiger partial charge >= 0.3 is 6.18 Å². The standard InChI is InChI=1S/C11H13F4NO.ClH/c1-2-9(17)10(16)6-3-4-7(8(12)5-6)11(13,14)15;/h3-5,9-10,17H,2,16H2,1H3;1H/t9-,10+;/m1./s1. The highest BCUT2D eigenvalue weighted by atomic mass is 35.5. The molecule has 0 aromatic heterocycles. The number of alkyl halides is 3. The first-order valence-electron chi connectivity index (χ1n) is 5.07. The van der Waals surface area contributed by atoms with Crippen LogP contribution >= 0.6 is 12.4 Å². The Kier molecular flexibility index (Phi) is 6.06. The summed E-state index contributed by atoms with van der Waals surface area (Å²) in [6.07, 6.45) is -5.30. The molecule has 1 aromatic carbocycles. The van der Waals surface area contributed by atoms with Crippen molar-refractivity contribution in [3.05, 3.63) is 35.1 Å². The van der Waals surface area contributed by atoms with E-state index in [0.29, 0.717) is 18.6 Å². The zero-order valence-corrected chi connectivity index (χ0v) is 10.4. The second-order valence-corrected chi connectivity index (χ2v) is 3.74. The molecule has 1 aromatic rings. The van der Waals surface area contributed by atoms with Crippen LogP contribution in [0.25, 0.3) is 0 Å². The molecule has 2 atom stereocenters. The molecular formula is C11H14ClF4NO. The number of hydrogen-bond acceptors (Lipinski definition) is 2. The van der Waals surface area contributed by atoms with Gasteiger partial charge in [0, 0.05) is 0 Å². The van der Waals surface area contributed by atoms with E-state index in [0.717, 1.165) is 6.07 Å². The first-order valence-corrected chi connectivity index (χ1v) is 5.07. The lowest BCUT2D eigenvalue weighted by molar-refractivity contribution is -0.140. The molecule has 18 heavy (non-hydrogen) atoms. The smallest absolute Gasteiger partial charge is 0.391 e. The second-order valence-electron chi connectivity index (χ2n) is 3.74. The number of halogens is 5. The molecule has 0 aliphatic heterocycles. The lowest BCUT2D eigenvalue weighted by Crippen LogP contribution is -2.25. The molecule has 1 rings (SSSR count). The van der Waals surface area contributed by atoms with E-state index < -0.39 is 29.7 Å². The molecule has 0 radical (unpaired) electrons. The van der Waals surface area contributed by atoms with Crippen molar-refractivity contribution in [3.63, 3.8) is 0 Å². The molecule has 0 saturated heterocycles. The van der Waals surface area contributed by atoms with Crippen LogP contribution in [-0.2, 0) is 6.18 Å². The number of benzene rings is 1. The summed E-state index contributed by atoms with van der Waals surface area (Å²) in [5, 5.41) is 9.43. The molecule has 0 spiro atoms. The van der Waals surface area contributed by atoms with Gasteiger partial charge in [-0.15, -0.1) is 12.4 Å². The van der Waals surface area contributed by atoms with E-state index in [1.807, 2.05) is 0 Å². The van der Waals surface area contributed by atoms with Crippen molar-refractivity contribution in [1.29, 1.82) is 0 Å². The number of nitrogens with two attached hydrogens (primary N) is 1. The molecule has 0 aliphatic rings. The van der Waals surface area contributed by atoms with Gasteiger partial charge in [-0.05, 0) is 24.1 Å². The minimum absolute atomic E-state index is 0. The van der Waals surface area contributed by atoms with Crippen molar-refractivity contribution in [2.75, 3.05) is 0 Å². The van der Waals surface area contributed by atoms with Crippen LogP contribution in [0.1, 0.15) is 30.5 Å². The molecule has 0 aliphatic carbocycles. The predicted molar refractivity (Wildman–Crippen MR) is 61.9 cm³/mol. The Hall–Kier alpha value is -0.850. The largest absolute Gasteiger partial charge is 0.419 e. The lowest BCUT2D eigenvalue weighted by Gasteiger charge is -2.18. The Bertz CT molecular complexity index is 397. The topological polar surface area (TPSA) is 46.2 Å². The molecular weight excluding hydrogens is 274 g/mol. The Morgan fingerprint density at radius 3 is 2.28 bits per heavy atom. The van der Waals surface area contributed by atoms with Crippen LogP contribution in [0.4, 0.5) is 17.6 Å². The molecule has 0 amide bonds. The fourth-order valence-electron chi connectivity index (χ4n) is 1.44. The van der Waals surface area contributed by atoms with Crippen LogP contribution in [0.2, 0.25) is 0 Å². The van der Waals surface area contributed by atoms with Gasteiger partial charge < -0.3 is 10.8 Å². The average molecular weight is 288 g/mol. The molecule has 0 bridgehead atoms. The summed E-state index contributed by atoms with van der Waals surface area (Å²) < 4.78 is 50.1. The molecule has 7 heteroatoms. The third-order valence-corrected chi connectivity index (χ3v) is 2.52. The molecule has 0 saturated carbocycles. The van der Waals surface area contributed by atoms with Gasteiger partial charge in [-0.2, -0.15) is 13.2 Å². The molecule has 3 N–H and O–H groups in total. The minimum Gasteiger partial charge on any atom is -0.391 e. The fraction of sp³-hybridized carbons (Fsp3) is 0.455. The van der Waals surface area contributed by atoms with E-state index >= 15 is 0 Å². The Labute approximate surface area is 108 Å². The first-order chi connectivity index (χ1) is 7.77. The highest BCUT2D eigenvalue weighted by molar-refractivity contribution is 5.85. The molecule has 2 nitrogen and oxygen atoms in total. The highest BCUT2D eigenvalue weighted by Gasteiger charge is 2.34. The Morgan fingerprint density at radius 1 is 1.33 bits per heavy atom. The van der Waals surface area contributed by atoms with Crippen molar-refractivity contribution in [3.8, 4) is 0 Å². The summed E-state index contributed by atoms with van der Waals surface area (Å²) in [6.45, 7) is 1.67. The molecule has 0 heterocycles. The Morgan fingerprint density at radius 2 is 1.89 bits per heavy atom. The third-order valence-electron chi connectivity index (χ3n) is 2.52. The van der Waals surface area contributed by atoms with Crippen LogP contribution in [-0.4, -0.2) is 11.2 Å². The lowest BCUT2D eigenvalue weighted by atomic mass is 9.99. The van der Waals surface area contributed by atoms with Crippen molar-refractivity contribution >= 4 is 12.4 Å². The quantitative estimate of drug-likeness (QED) is 0.840. The van der Waals surface area contributed by atoms with Crippen LogP contribution in [0, 0.1) is 5.82 Å². The van der Waals surface area contributed by atoms with Gasteiger partial charge in [-0.1, -0.05) is 13.0 Å². The predicted octanol–water partition coefficient (Wildman–Crippen LogP) is 3.04. The van der Waals surface area contributed by atoms with Gasteiger partial charge in [-0.25, -0.2) is 4.39 Å². The highest BCUT2D eigenvalue weighted by Crippen LogP contribution is 2.32. The van der Waals surface area contributed by atoms with E-state index in [1.165, 1.54) is 0 Å². The maximum Gasteiger partial charge on any atom is 0.419 e. The molecule has 0 unspecified atom stereocenters. The van der Waals surface area contributed by atoms with Gasteiger partial charge in [0.05, 0.1) is 17.7 Å². The zero-order chi connectivity index (χ0) is 13.2. The van der Waals surface area contributed by atoms with Crippen molar-refractivity contribution in [1.82, 2.24) is 0 Å². The van der Waals surface area contributed by atoms with Crippen LogP contribution in [0.3, 0.4) is 0 Å². The van der Waals surface area contributed by atoms with E-state index in [2.05, 4.69) is 0 Å². The minimum atomic E-state index is -4.73. The monoisotopic (exact) mass is 287 g/mol. The van der Waals surface area contributed by atoms with Gasteiger partial charge in [-0.3, -0.25) is 0 Å². The van der Waals surface area contributed by atoms with Crippen LogP contribution in [0.15, 0.2) is 18.2 Å². The number of rotatable bonds is 3. The maximum absolute atomic E-state index is 13.2. The van der Waals surface area contributed by atoms with Gasteiger partial charge in [0.25, 0.3) is 0 Å². The second kappa shape index (κ2) is 6.36. The van der Waals surface area contributed by atoms with Gasteiger partial charge in [0.15, 0.2) is 0 Å². The Balaban J connectivity index is 0.00000289. The fourth-order valence-corrected chi connectivity index (χ4v) is 1.44. The average Bonchev–Trinajstić information content (AvgIpc) is 2.25. The van der Waals surface area contributed by atoms with Crippen LogP contribution < -0.4 is 5.73 Å². The van der Waals surface area contributed by atoms with E-state index in [4.69, 9.17) is 5.73 Å². The van der Waals surface area contributed by atoms with E-state index in [-0.39, 0.29) is 18.0 Å². The summed E-state index contributed by atoms with van der Waals surface area (Å²) in [4.78, 5) is 0. The number of hydrogen-bond donors (Lipinski definition) is 2. The summed E-state index contributed by atoms with van der Waals surface area (Å²) in [7, 11) is 0. The summed E-state index contributed by atoms with van der Waals surface area (Å²) >= 11 is 0. The van der Waals surface area contributed by atoms with Gasteiger partial charge in [0.2, 0.25) is 0 Å². The normalized spacial score (nSPS) is 14.8.